The topological polar surface area (TPSA) is 107 Å². The van der Waals surface area contributed by atoms with Crippen LogP contribution in [0.2, 0.25) is 0 Å². The normalized spacial score (nSPS) is 14.9. The molecule has 0 saturated carbocycles. The van der Waals surface area contributed by atoms with Gasteiger partial charge >= 0.3 is 12.1 Å². The number of aromatic nitrogens is 3. The average molecular weight is 488 g/mol. The number of nitrogens with zero attached hydrogens (tertiary/aromatic N) is 5. The van der Waals surface area contributed by atoms with Crippen LogP contribution in [0.4, 0.5) is 10.5 Å². The van der Waals surface area contributed by atoms with Crippen LogP contribution < -0.4 is 10.3 Å². The summed E-state index contributed by atoms with van der Waals surface area (Å²) >= 11 is 0. The highest BCUT2D eigenvalue weighted by molar-refractivity contribution is 5.80. The molecule has 0 aromatic carbocycles. The van der Waals surface area contributed by atoms with Gasteiger partial charge in [-0.25, -0.2) is 14.8 Å². The van der Waals surface area contributed by atoms with Gasteiger partial charge in [-0.1, -0.05) is 6.92 Å². The van der Waals surface area contributed by atoms with Crippen LogP contribution in [0.5, 0.6) is 0 Å². The molecule has 1 aliphatic rings. The Hall–Kier alpha value is -3.17. The molecule has 2 aromatic heterocycles. The summed E-state index contributed by atoms with van der Waals surface area (Å²) in [4.78, 5) is 51.4. The lowest BCUT2D eigenvalue weighted by atomic mass is 10.1. The van der Waals surface area contributed by atoms with Crippen LogP contribution in [0.3, 0.4) is 0 Å². The number of pyridine rings is 1. The zero-order chi connectivity index (χ0) is 26.1. The predicted molar refractivity (Wildman–Crippen MR) is 134 cm³/mol. The van der Waals surface area contributed by atoms with Crippen molar-refractivity contribution in [1.29, 1.82) is 0 Å². The Morgan fingerprint density at radius 3 is 2.14 bits per heavy atom. The lowest BCUT2D eigenvalue weighted by Gasteiger charge is -2.37. The van der Waals surface area contributed by atoms with Crippen molar-refractivity contribution in [3.8, 4) is 0 Å². The molecule has 0 aliphatic carbocycles. The van der Waals surface area contributed by atoms with Crippen LogP contribution in [-0.4, -0.2) is 68.9 Å². The molecular weight excluding hydrogens is 450 g/mol. The van der Waals surface area contributed by atoms with Gasteiger partial charge in [0.25, 0.3) is 0 Å². The number of ether oxygens (including phenoxy) is 2. The van der Waals surface area contributed by atoms with E-state index in [1.807, 2.05) is 53.4 Å². The first-order chi connectivity index (χ1) is 16.2. The molecule has 1 fully saturated rings. The van der Waals surface area contributed by atoms with Crippen LogP contribution >= 0.6 is 0 Å². The molecule has 3 heterocycles. The molecule has 10 heteroatoms. The minimum Gasteiger partial charge on any atom is -0.459 e. The highest BCUT2D eigenvalue weighted by Crippen LogP contribution is 2.24. The predicted octanol–water partition coefficient (Wildman–Crippen LogP) is 3.06. The second kappa shape index (κ2) is 9.83. The maximum absolute atomic E-state index is 13.6. The third-order valence-corrected chi connectivity index (χ3v) is 5.45. The largest absolute Gasteiger partial charge is 0.459 e. The van der Waals surface area contributed by atoms with Crippen molar-refractivity contribution in [1.82, 2.24) is 19.4 Å². The van der Waals surface area contributed by atoms with Gasteiger partial charge in [-0.05, 0) is 54.9 Å². The van der Waals surface area contributed by atoms with Gasteiger partial charge in [-0.2, -0.15) is 0 Å². The quantitative estimate of drug-likeness (QED) is 0.606. The zero-order valence-electron chi connectivity index (χ0n) is 22.1. The molecular formula is C25H37N5O5. The van der Waals surface area contributed by atoms with E-state index < -0.39 is 17.2 Å². The number of rotatable bonds is 4. The second-order valence-corrected chi connectivity index (χ2v) is 10.8. The SMILES string of the molecule is CCc1c(N2CCN(C(=O)OC(C)(C)C)CC2)c(=O)c2ncc(C)nc2n1CC(=O)OC(C)(C)C. The highest BCUT2D eigenvalue weighted by Gasteiger charge is 2.30. The van der Waals surface area contributed by atoms with Crippen LogP contribution in [0, 0.1) is 6.92 Å². The van der Waals surface area contributed by atoms with Gasteiger partial charge in [0, 0.05) is 38.1 Å². The Morgan fingerprint density at radius 2 is 1.60 bits per heavy atom. The summed E-state index contributed by atoms with van der Waals surface area (Å²) in [5.41, 5.74) is 0.972. The summed E-state index contributed by atoms with van der Waals surface area (Å²) < 4.78 is 12.8. The molecule has 0 radical (unpaired) electrons. The van der Waals surface area contributed by atoms with Crippen molar-refractivity contribution in [3.63, 3.8) is 0 Å². The monoisotopic (exact) mass is 487 g/mol. The Balaban J connectivity index is 2.01. The van der Waals surface area contributed by atoms with E-state index in [9.17, 15) is 14.4 Å². The van der Waals surface area contributed by atoms with Gasteiger partial charge in [0.15, 0.2) is 11.2 Å². The molecule has 1 amide bonds. The Labute approximate surface area is 206 Å². The van der Waals surface area contributed by atoms with Gasteiger partial charge < -0.3 is 23.8 Å². The first-order valence-corrected chi connectivity index (χ1v) is 12.0. The van der Waals surface area contributed by atoms with Crippen molar-refractivity contribution in [2.75, 3.05) is 31.1 Å². The molecule has 0 atom stereocenters. The molecule has 35 heavy (non-hydrogen) atoms. The fraction of sp³-hybridized carbons (Fsp3) is 0.640. The van der Waals surface area contributed by atoms with Gasteiger partial charge in [0.05, 0.1) is 5.69 Å². The Bertz CT molecular complexity index is 1170. The molecule has 0 unspecified atom stereocenters. The second-order valence-electron chi connectivity index (χ2n) is 10.8. The lowest BCUT2D eigenvalue weighted by molar-refractivity contribution is -0.155. The number of anilines is 1. The number of piperazine rings is 1. The summed E-state index contributed by atoms with van der Waals surface area (Å²) in [6.07, 6.45) is 1.69. The van der Waals surface area contributed by atoms with E-state index >= 15 is 0 Å². The minimum atomic E-state index is -0.638. The number of amides is 1. The Morgan fingerprint density at radius 1 is 1.00 bits per heavy atom. The van der Waals surface area contributed by atoms with E-state index in [0.29, 0.717) is 55.3 Å². The smallest absolute Gasteiger partial charge is 0.410 e. The Kier molecular flexibility index (Phi) is 7.42. The molecule has 1 aliphatic heterocycles. The van der Waals surface area contributed by atoms with Crippen molar-refractivity contribution in [3.05, 3.63) is 27.8 Å². The number of carbonyl (C=O) groups is 2. The molecule has 3 rings (SSSR count). The molecule has 0 spiro atoms. The summed E-state index contributed by atoms with van der Waals surface area (Å²) in [5.74, 6) is -0.416. The van der Waals surface area contributed by atoms with E-state index in [1.165, 1.54) is 0 Å². The summed E-state index contributed by atoms with van der Waals surface area (Å²) in [6, 6.07) is 0. The summed E-state index contributed by atoms with van der Waals surface area (Å²) in [5, 5.41) is 0. The molecule has 0 bridgehead atoms. The van der Waals surface area contributed by atoms with E-state index in [0.717, 1.165) is 0 Å². The van der Waals surface area contributed by atoms with Crippen molar-refractivity contribution in [2.24, 2.45) is 0 Å². The average Bonchev–Trinajstić information content (AvgIpc) is 2.73. The highest BCUT2D eigenvalue weighted by atomic mass is 16.6. The molecule has 2 aromatic rings. The molecule has 0 N–H and O–H groups in total. The van der Waals surface area contributed by atoms with Crippen molar-refractivity contribution >= 4 is 28.9 Å². The van der Waals surface area contributed by atoms with Crippen LogP contribution in [0.1, 0.15) is 59.9 Å². The van der Waals surface area contributed by atoms with Crippen molar-refractivity contribution < 1.29 is 19.1 Å². The van der Waals surface area contributed by atoms with Gasteiger partial charge in [-0.15, -0.1) is 0 Å². The molecule has 192 valence electrons. The third-order valence-electron chi connectivity index (χ3n) is 5.45. The maximum atomic E-state index is 13.6. The van der Waals surface area contributed by atoms with Crippen molar-refractivity contribution in [2.45, 2.75) is 79.6 Å². The molecule has 10 nitrogen and oxygen atoms in total. The third kappa shape index (κ3) is 6.29. The first kappa shape index (κ1) is 26.4. The van der Waals surface area contributed by atoms with Crippen LogP contribution in [-0.2, 0) is 27.2 Å². The molecule has 1 saturated heterocycles. The number of fused-ring (bicyclic) bond motifs is 1. The van der Waals surface area contributed by atoms with Crippen LogP contribution in [0.25, 0.3) is 11.2 Å². The zero-order valence-corrected chi connectivity index (χ0v) is 22.1. The van der Waals surface area contributed by atoms with E-state index in [4.69, 9.17) is 9.47 Å². The van der Waals surface area contributed by atoms with Gasteiger partial charge in [-0.3, -0.25) is 9.59 Å². The summed E-state index contributed by atoms with van der Waals surface area (Å²) in [6.45, 7) is 16.3. The van der Waals surface area contributed by atoms with Crippen LogP contribution in [0.15, 0.2) is 11.0 Å². The standard InChI is InChI=1S/C25H37N5O5/c1-9-17-20(28-10-12-29(13-11-28)23(33)35-25(6,7)8)21(32)19-22(27-16(2)14-26-19)30(17)15-18(31)34-24(3,4)5/h14H,9-13,15H2,1-8H3. The number of hydrogen-bond acceptors (Lipinski definition) is 8. The maximum Gasteiger partial charge on any atom is 0.410 e. The number of aryl methyl sites for hydroxylation is 1. The van der Waals surface area contributed by atoms with E-state index in [2.05, 4.69) is 9.97 Å². The minimum absolute atomic E-state index is 0.0831. The number of hydrogen-bond donors (Lipinski definition) is 0. The fourth-order valence-electron chi connectivity index (χ4n) is 4.11. The van der Waals surface area contributed by atoms with Gasteiger partial charge in [0.1, 0.15) is 23.4 Å². The fourth-order valence-corrected chi connectivity index (χ4v) is 4.11. The van der Waals surface area contributed by atoms with Gasteiger partial charge in [0.2, 0.25) is 5.43 Å². The first-order valence-electron chi connectivity index (χ1n) is 12.0. The van der Waals surface area contributed by atoms with E-state index in [1.54, 1.807) is 22.6 Å². The number of carbonyl (C=O) groups excluding carboxylic acids is 2. The lowest BCUT2D eigenvalue weighted by Crippen LogP contribution is -2.51. The summed E-state index contributed by atoms with van der Waals surface area (Å²) in [7, 11) is 0. The van der Waals surface area contributed by atoms with E-state index in [-0.39, 0.29) is 23.6 Å². The number of esters is 1.